The Labute approximate surface area is 168 Å². The molecule has 0 saturated carbocycles. The Kier molecular flexibility index (Phi) is 6.60. The molecule has 1 amide bonds. The normalized spacial score (nSPS) is 10.5. The average molecular weight is 398 g/mol. The Morgan fingerprint density at radius 3 is 2.61 bits per heavy atom. The predicted octanol–water partition coefficient (Wildman–Crippen LogP) is 4.32. The number of nitrogens with one attached hydrogen (secondary N) is 1. The van der Waals surface area contributed by atoms with Gasteiger partial charge < -0.3 is 19.4 Å². The highest BCUT2D eigenvalue weighted by atomic mass is 32.2. The number of amides is 1. The highest BCUT2D eigenvalue weighted by Gasteiger charge is 2.14. The number of thioether (sulfide) groups is 1. The lowest BCUT2D eigenvalue weighted by Crippen LogP contribution is -2.15. The Morgan fingerprint density at radius 2 is 1.93 bits per heavy atom. The van der Waals surface area contributed by atoms with Crippen LogP contribution in [0.25, 0.3) is 11.3 Å². The number of ether oxygens (including phenoxy) is 2. The first-order chi connectivity index (χ1) is 13.7. The summed E-state index contributed by atoms with van der Waals surface area (Å²) in [6, 6.07) is 15.4. The van der Waals surface area contributed by atoms with Gasteiger partial charge in [0.2, 0.25) is 5.91 Å². The molecule has 6 nitrogen and oxygen atoms in total. The summed E-state index contributed by atoms with van der Waals surface area (Å²) >= 11 is 1.41. The van der Waals surface area contributed by atoms with Crippen molar-refractivity contribution in [1.82, 2.24) is 9.55 Å². The Hall–Kier alpha value is -2.93. The summed E-state index contributed by atoms with van der Waals surface area (Å²) in [5.74, 6) is 1.34. The smallest absolute Gasteiger partial charge is 0.234 e. The minimum Gasteiger partial charge on any atom is -0.497 e. The van der Waals surface area contributed by atoms with Crippen molar-refractivity contribution in [3.63, 3.8) is 0 Å². The van der Waals surface area contributed by atoms with E-state index in [1.165, 1.54) is 11.8 Å². The van der Waals surface area contributed by atoms with Gasteiger partial charge in [-0.15, -0.1) is 0 Å². The van der Waals surface area contributed by atoms with Crippen molar-refractivity contribution >= 4 is 23.4 Å². The molecule has 0 bridgehead atoms. The van der Waals surface area contributed by atoms with Crippen LogP contribution in [0.4, 0.5) is 5.69 Å². The van der Waals surface area contributed by atoms with Gasteiger partial charge in [-0.2, -0.15) is 0 Å². The zero-order valence-electron chi connectivity index (χ0n) is 16.1. The predicted molar refractivity (Wildman–Crippen MR) is 112 cm³/mol. The summed E-state index contributed by atoms with van der Waals surface area (Å²) in [5.41, 5.74) is 2.73. The zero-order chi connectivity index (χ0) is 19.9. The van der Waals surface area contributed by atoms with E-state index in [0.717, 1.165) is 23.0 Å². The van der Waals surface area contributed by atoms with Crippen LogP contribution >= 0.6 is 11.8 Å². The van der Waals surface area contributed by atoms with Gasteiger partial charge in [0.05, 0.1) is 37.6 Å². The fourth-order valence-electron chi connectivity index (χ4n) is 2.85. The number of aromatic nitrogens is 2. The van der Waals surface area contributed by atoms with Gasteiger partial charge in [-0.1, -0.05) is 42.1 Å². The minimum absolute atomic E-state index is 0.136. The second kappa shape index (κ2) is 9.32. The molecule has 146 valence electrons. The average Bonchev–Trinajstić information content (AvgIpc) is 3.15. The Morgan fingerprint density at radius 1 is 1.14 bits per heavy atom. The number of hydrogen-bond donors (Lipinski definition) is 1. The molecule has 28 heavy (non-hydrogen) atoms. The second-order valence-electron chi connectivity index (χ2n) is 5.94. The third kappa shape index (κ3) is 4.48. The van der Waals surface area contributed by atoms with Crippen LogP contribution in [0, 0.1) is 0 Å². The zero-order valence-corrected chi connectivity index (χ0v) is 17.0. The number of hydrogen-bond acceptors (Lipinski definition) is 5. The molecule has 0 aliphatic rings. The van der Waals surface area contributed by atoms with Gasteiger partial charge in [0, 0.05) is 12.6 Å². The number of nitrogens with zero attached hydrogens (tertiary/aromatic N) is 2. The van der Waals surface area contributed by atoms with E-state index >= 15 is 0 Å². The number of carbonyl (C=O) groups is 1. The molecule has 3 rings (SSSR count). The lowest BCUT2D eigenvalue weighted by Gasteiger charge is -2.12. The maximum Gasteiger partial charge on any atom is 0.234 e. The standard InChI is InChI=1S/C21H23N3O3S/c1-4-24-18(15-8-6-5-7-9-15)13-22-21(24)28-14-20(25)23-17-12-16(26-2)10-11-19(17)27-3/h5-13H,4,14H2,1-3H3,(H,23,25). The number of methoxy groups -OCH3 is 2. The highest BCUT2D eigenvalue weighted by Crippen LogP contribution is 2.30. The van der Waals surface area contributed by atoms with Crippen molar-refractivity contribution in [3.05, 3.63) is 54.7 Å². The van der Waals surface area contributed by atoms with E-state index in [1.807, 2.05) is 24.4 Å². The van der Waals surface area contributed by atoms with Gasteiger partial charge in [0.1, 0.15) is 11.5 Å². The highest BCUT2D eigenvalue weighted by molar-refractivity contribution is 7.99. The first kappa shape index (κ1) is 19.8. The maximum atomic E-state index is 12.5. The molecule has 0 atom stereocenters. The van der Waals surface area contributed by atoms with Crippen molar-refractivity contribution in [2.24, 2.45) is 0 Å². The summed E-state index contributed by atoms with van der Waals surface area (Å²) in [5, 5.41) is 3.69. The molecule has 2 aromatic carbocycles. The number of rotatable bonds is 8. The van der Waals surface area contributed by atoms with Crippen LogP contribution in [-0.2, 0) is 11.3 Å². The summed E-state index contributed by atoms with van der Waals surface area (Å²) in [6.07, 6.45) is 1.85. The molecule has 1 N–H and O–H groups in total. The molecule has 0 spiro atoms. The minimum atomic E-state index is -0.136. The topological polar surface area (TPSA) is 65.4 Å². The monoisotopic (exact) mass is 397 g/mol. The van der Waals surface area contributed by atoms with Crippen LogP contribution in [0.2, 0.25) is 0 Å². The maximum absolute atomic E-state index is 12.5. The van der Waals surface area contributed by atoms with Gasteiger partial charge in [0.15, 0.2) is 5.16 Å². The molecule has 7 heteroatoms. The third-order valence-corrected chi connectivity index (χ3v) is 5.21. The van der Waals surface area contributed by atoms with Crippen LogP contribution in [-0.4, -0.2) is 35.4 Å². The first-order valence-corrected chi connectivity index (χ1v) is 9.90. The van der Waals surface area contributed by atoms with Gasteiger partial charge >= 0.3 is 0 Å². The Balaban J connectivity index is 1.69. The number of benzene rings is 2. The molecule has 0 radical (unpaired) electrons. The van der Waals surface area contributed by atoms with E-state index in [4.69, 9.17) is 9.47 Å². The molecule has 0 aliphatic carbocycles. The molecule has 3 aromatic rings. The van der Waals surface area contributed by atoms with Gasteiger partial charge in [-0.3, -0.25) is 4.79 Å². The number of imidazole rings is 1. The molecular weight excluding hydrogens is 374 g/mol. The van der Waals surface area contributed by atoms with E-state index < -0.39 is 0 Å². The second-order valence-corrected chi connectivity index (χ2v) is 6.88. The first-order valence-electron chi connectivity index (χ1n) is 8.91. The van der Waals surface area contributed by atoms with Crippen molar-refractivity contribution in [1.29, 1.82) is 0 Å². The fourth-order valence-corrected chi connectivity index (χ4v) is 3.69. The molecule has 0 aliphatic heterocycles. The Bertz CT molecular complexity index is 941. The summed E-state index contributed by atoms with van der Waals surface area (Å²) in [7, 11) is 3.15. The van der Waals surface area contributed by atoms with E-state index in [2.05, 4.69) is 33.9 Å². The van der Waals surface area contributed by atoms with Crippen LogP contribution in [0.1, 0.15) is 6.92 Å². The number of carbonyl (C=O) groups excluding carboxylic acids is 1. The summed E-state index contributed by atoms with van der Waals surface area (Å²) in [6.45, 7) is 2.84. The molecule has 1 aromatic heterocycles. The molecule has 0 unspecified atom stereocenters. The van der Waals surface area contributed by atoms with Crippen LogP contribution in [0.3, 0.4) is 0 Å². The largest absolute Gasteiger partial charge is 0.497 e. The van der Waals surface area contributed by atoms with E-state index in [9.17, 15) is 4.79 Å². The SMILES string of the molecule is CCn1c(-c2ccccc2)cnc1SCC(=O)Nc1cc(OC)ccc1OC. The van der Waals surface area contributed by atoms with Gasteiger partial charge in [-0.25, -0.2) is 4.98 Å². The van der Waals surface area contributed by atoms with Crippen molar-refractivity contribution in [2.75, 3.05) is 25.3 Å². The van der Waals surface area contributed by atoms with Crippen molar-refractivity contribution in [2.45, 2.75) is 18.6 Å². The lowest BCUT2D eigenvalue weighted by molar-refractivity contribution is -0.113. The lowest BCUT2D eigenvalue weighted by atomic mass is 10.2. The molecule has 0 saturated heterocycles. The van der Waals surface area contributed by atoms with E-state index in [0.29, 0.717) is 17.2 Å². The van der Waals surface area contributed by atoms with Gasteiger partial charge in [0.25, 0.3) is 0 Å². The van der Waals surface area contributed by atoms with E-state index in [1.54, 1.807) is 32.4 Å². The van der Waals surface area contributed by atoms with Crippen LogP contribution in [0.15, 0.2) is 59.9 Å². The molecule has 1 heterocycles. The van der Waals surface area contributed by atoms with Crippen LogP contribution < -0.4 is 14.8 Å². The third-order valence-electron chi connectivity index (χ3n) is 4.22. The summed E-state index contributed by atoms with van der Waals surface area (Å²) in [4.78, 5) is 17.0. The van der Waals surface area contributed by atoms with Crippen LogP contribution in [0.5, 0.6) is 11.5 Å². The van der Waals surface area contributed by atoms with Crippen molar-refractivity contribution < 1.29 is 14.3 Å². The number of anilines is 1. The quantitative estimate of drug-likeness (QED) is 0.574. The van der Waals surface area contributed by atoms with Gasteiger partial charge in [-0.05, 0) is 24.6 Å². The van der Waals surface area contributed by atoms with Crippen molar-refractivity contribution in [3.8, 4) is 22.8 Å². The van der Waals surface area contributed by atoms with E-state index in [-0.39, 0.29) is 11.7 Å². The summed E-state index contributed by atoms with van der Waals surface area (Å²) < 4.78 is 12.6. The molecular formula is C21H23N3O3S. The molecule has 0 fully saturated rings. The fraction of sp³-hybridized carbons (Fsp3) is 0.238.